The van der Waals surface area contributed by atoms with E-state index in [1.807, 2.05) is 0 Å². The first-order chi connectivity index (χ1) is 10.0. The summed E-state index contributed by atoms with van der Waals surface area (Å²) in [6.07, 6.45) is 3.62. The number of rotatable bonds is 2. The predicted molar refractivity (Wildman–Crippen MR) is 72.7 cm³/mol. The molecule has 3 nitrogen and oxygen atoms in total. The van der Waals surface area contributed by atoms with E-state index in [4.69, 9.17) is 5.26 Å². The number of fused-ring (bicyclic) bond motifs is 2. The van der Waals surface area contributed by atoms with Gasteiger partial charge in [-0.1, -0.05) is 0 Å². The quantitative estimate of drug-likeness (QED) is 0.787. The SMILES string of the molecule is CN1C2CCC1CC(C(=O)c1cc(F)c(F)cc1C#N)C2. The van der Waals surface area contributed by atoms with Crippen LogP contribution in [0.2, 0.25) is 0 Å². The lowest BCUT2D eigenvalue weighted by Gasteiger charge is -2.35. The van der Waals surface area contributed by atoms with Crippen molar-refractivity contribution in [2.45, 2.75) is 37.8 Å². The Morgan fingerprint density at radius 1 is 1.24 bits per heavy atom. The fourth-order valence-electron chi connectivity index (χ4n) is 3.69. The zero-order valence-corrected chi connectivity index (χ0v) is 11.8. The van der Waals surface area contributed by atoms with Gasteiger partial charge in [-0.15, -0.1) is 0 Å². The summed E-state index contributed by atoms with van der Waals surface area (Å²) in [5.41, 5.74) is -0.0597. The third kappa shape index (κ3) is 2.34. The van der Waals surface area contributed by atoms with Gasteiger partial charge in [0.15, 0.2) is 17.4 Å². The van der Waals surface area contributed by atoms with Crippen molar-refractivity contribution in [3.63, 3.8) is 0 Å². The van der Waals surface area contributed by atoms with Crippen LogP contribution in [0.25, 0.3) is 0 Å². The third-order valence-electron chi connectivity index (χ3n) is 4.92. The number of Topliss-reactive ketones (excluding diaryl/α,β-unsaturated/α-hetero) is 1. The highest BCUT2D eigenvalue weighted by atomic mass is 19.2. The van der Waals surface area contributed by atoms with Crippen LogP contribution in [-0.2, 0) is 0 Å². The molecule has 1 aromatic carbocycles. The summed E-state index contributed by atoms with van der Waals surface area (Å²) in [5.74, 6) is -2.59. The first-order valence-corrected chi connectivity index (χ1v) is 7.16. The number of nitrogens with zero attached hydrogens (tertiary/aromatic N) is 2. The number of nitriles is 1. The Morgan fingerprint density at radius 3 is 2.38 bits per heavy atom. The molecule has 2 bridgehead atoms. The van der Waals surface area contributed by atoms with Crippen LogP contribution in [0.5, 0.6) is 0 Å². The van der Waals surface area contributed by atoms with Crippen molar-refractivity contribution in [3.8, 4) is 6.07 Å². The van der Waals surface area contributed by atoms with Gasteiger partial charge in [0.1, 0.15) is 0 Å². The molecule has 0 aromatic heterocycles. The normalized spacial score (nSPS) is 28.4. The molecule has 21 heavy (non-hydrogen) atoms. The molecule has 2 atom stereocenters. The molecule has 2 aliphatic rings. The van der Waals surface area contributed by atoms with Crippen LogP contribution in [0, 0.1) is 28.9 Å². The number of halogens is 2. The standard InChI is InChI=1S/C16H16F2N2O/c1-20-11-2-3-12(20)5-9(4-11)16(21)13-7-15(18)14(17)6-10(13)8-19/h6-7,9,11-12H,2-5H2,1H3. The fraction of sp³-hybridized carbons (Fsp3) is 0.500. The van der Waals surface area contributed by atoms with E-state index in [1.165, 1.54) is 0 Å². The minimum atomic E-state index is -1.09. The Labute approximate surface area is 122 Å². The molecule has 0 aliphatic carbocycles. The van der Waals surface area contributed by atoms with Gasteiger partial charge in [0.2, 0.25) is 0 Å². The van der Waals surface area contributed by atoms with E-state index in [9.17, 15) is 13.6 Å². The lowest BCUT2D eigenvalue weighted by atomic mass is 9.84. The Hall–Kier alpha value is -1.80. The van der Waals surface area contributed by atoms with E-state index in [-0.39, 0.29) is 22.8 Å². The van der Waals surface area contributed by atoms with Crippen LogP contribution in [0.15, 0.2) is 12.1 Å². The van der Waals surface area contributed by atoms with Crippen molar-refractivity contribution in [1.29, 1.82) is 5.26 Å². The lowest BCUT2D eigenvalue weighted by molar-refractivity contribution is 0.0766. The van der Waals surface area contributed by atoms with Crippen LogP contribution in [-0.4, -0.2) is 29.8 Å². The first-order valence-electron chi connectivity index (χ1n) is 7.16. The number of hydrogen-bond donors (Lipinski definition) is 0. The maximum absolute atomic E-state index is 13.4. The van der Waals surface area contributed by atoms with E-state index < -0.39 is 11.6 Å². The molecule has 0 radical (unpaired) electrons. The minimum absolute atomic E-state index is 0.0188. The average Bonchev–Trinajstić information content (AvgIpc) is 2.70. The number of hydrogen-bond acceptors (Lipinski definition) is 3. The van der Waals surface area contributed by atoms with E-state index in [2.05, 4.69) is 11.9 Å². The number of ketones is 1. The summed E-state index contributed by atoms with van der Waals surface area (Å²) in [6.45, 7) is 0. The van der Waals surface area contributed by atoms with E-state index in [1.54, 1.807) is 6.07 Å². The summed E-state index contributed by atoms with van der Waals surface area (Å²) in [4.78, 5) is 14.9. The molecule has 2 fully saturated rings. The molecule has 110 valence electrons. The van der Waals surface area contributed by atoms with Crippen molar-refractivity contribution in [3.05, 3.63) is 34.9 Å². The summed E-state index contributed by atoms with van der Waals surface area (Å²) < 4.78 is 26.6. The third-order valence-corrected chi connectivity index (χ3v) is 4.92. The predicted octanol–water partition coefficient (Wildman–Crippen LogP) is 2.89. The minimum Gasteiger partial charge on any atom is -0.300 e. The molecule has 5 heteroatoms. The van der Waals surface area contributed by atoms with Crippen molar-refractivity contribution < 1.29 is 13.6 Å². The topological polar surface area (TPSA) is 44.1 Å². The van der Waals surface area contributed by atoms with Crippen LogP contribution in [0.4, 0.5) is 8.78 Å². The van der Waals surface area contributed by atoms with Crippen molar-refractivity contribution in [2.24, 2.45) is 5.92 Å². The molecule has 2 aliphatic heterocycles. The summed E-state index contributed by atoms with van der Waals surface area (Å²) in [7, 11) is 2.07. The molecule has 0 saturated carbocycles. The van der Waals surface area contributed by atoms with Gasteiger partial charge in [-0.2, -0.15) is 5.26 Å². The van der Waals surface area contributed by atoms with Crippen LogP contribution in [0.1, 0.15) is 41.6 Å². The van der Waals surface area contributed by atoms with Gasteiger partial charge in [-0.3, -0.25) is 4.79 Å². The largest absolute Gasteiger partial charge is 0.300 e. The van der Waals surface area contributed by atoms with Gasteiger partial charge in [0.05, 0.1) is 11.6 Å². The monoisotopic (exact) mass is 290 g/mol. The van der Waals surface area contributed by atoms with Crippen LogP contribution in [0.3, 0.4) is 0 Å². The van der Waals surface area contributed by atoms with Gasteiger partial charge >= 0.3 is 0 Å². The van der Waals surface area contributed by atoms with E-state index >= 15 is 0 Å². The highest BCUT2D eigenvalue weighted by Gasteiger charge is 2.41. The van der Waals surface area contributed by atoms with Crippen molar-refractivity contribution in [2.75, 3.05) is 7.05 Å². The maximum Gasteiger partial charge on any atom is 0.167 e. The molecule has 1 aromatic rings. The van der Waals surface area contributed by atoms with Gasteiger partial charge in [0, 0.05) is 23.6 Å². The second-order valence-electron chi connectivity index (χ2n) is 6.01. The first kappa shape index (κ1) is 14.2. The second kappa shape index (κ2) is 5.19. The highest BCUT2D eigenvalue weighted by Crippen LogP contribution is 2.39. The molecular weight excluding hydrogens is 274 g/mol. The van der Waals surface area contributed by atoms with Gasteiger partial charge < -0.3 is 4.90 Å². The summed E-state index contributed by atoms with van der Waals surface area (Å²) >= 11 is 0. The lowest BCUT2D eigenvalue weighted by Crippen LogP contribution is -2.42. The van der Waals surface area contributed by atoms with Crippen molar-refractivity contribution >= 4 is 5.78 Å². The molecule has 3 rings (SSSR count). The second-order valence-corrected chi connectivity index (χ2v) is 6.01. The number of carbonyl (C=O) groups excluding carboxylic acids is 1. The molecule has 0 N–H and O–H groups in total. The van der Waals surface area contributed by atoms with Crippen LogP contribution < -0.4 is 0 Å². The van der Waals surface area contributed by atoms with E-state index in [0.29, 0.717) is 12.1 Å². The molecule has 0 spiro atoms. The Kier molecular flexibility index (Phi) is 3.50. The molecule has 2 unspecified atom stereocenters. The summed E-state index contributed by atoms with van der Waals surface area (Å²) in [6, 6.07) is 4.24. The van der Waals surface area contributed by atoms with Crippen molar-refractivity contribution in [1.82, 2.24) is 4.90 Å². The molecular formula is C16H16F2N2O. The van der Waals surface area contributed by atoms with E-state index in [0.717, 1.165) is 37.8 Å². The number of piperidine rings is 1. The van der Waals surface area contributed by atoms with Gasteiger partial charge in [0.25, 0.3) is 0 Å². The maximum atomic E-state index is 13.4. The molecule has 2 saturated heterocycles. The number of benzene rings is 1. The zero-order valence-electron chi connectivity index (χ0n) is 11.8. The zero-order chi connectivity index (χ0) is 15.1. The fourth-order valence-corrected chi connectivity index (χ4v) is 3.69. The smallest absolute Gasteiger partial charge is 0.167 e. The molecule has 0 amide bonds. The average molecular weight is 290 g/mol. The number of carbonyl (C=O) groups is 1. The Morgan fingerprint density at radius 2 is 1.81 bits per heavy atom. The Balaban J connectivity index is 1.90. The highest BCUT2D eigenvalue weighted by molar-refractivity contribution is 6.00. The Bertz CT molecular complexity index is 624. The van der Waals surface area contributed by atoms with Gasteiger partial charge in [-0.25, -0.2) is 8.78 Å². The van der Waals surface area contributed by atoms with Gasteiger partial charge in [-0.05, 0) is 44.9 Å². The van der Waals surface area contributed by atoms with Crippen LogP contribution >= 0.6 is 0 Å². The summed E-state index contributed by atoms with van der Waals surface area (Å²) in [5, 5.41) is 9.04. The molecule has 2 heterocycles.